The maximum Gasteiger partial charge on any atom is 0.0994 e. The van der Waals surface area contributed by atoms with Crippen LogP contribution in [0.1, 0.15) is 23.1 Å². The van der Waals surface area contributed by atoms with Crippen molar-refractivity contribution >= 4 is 11.8 Å². The van der Waals surface area contributed by atoms with Crippen molar-refractivity contribution in [3.8, 4) is 17.2 Å². The summed E-state index contributed by atoms with van der Waals surface area (Å²) in [5.41, 5.74) is 6.13. The molecule has 0 bridgehead atoms. The number of benzene rings is 1. The van der Waals surface area contributed by atoms with Crippen LogP contribution in [0.2, 0.25) is 0 Å². The third-order valence-electron chi connectivity index (χ3n) is 3.64. The van der Waals surface area contributed by atoms with Gasteiger partial charge in [0, 0.05) is 30.7 Å². The molecule has 0 unspecified atom stereocenters. The lowest BCUT2D eigenvalue weighted by atomic mass is 9.94. The SMILES string of the molecule is Cc1cc(-c2ccncc2C2=CCCN=C2)ccc1C#N. The Morgan fingerprint density at radius 1 is 1.19 bits per heavy atom. The van der Waals surface area contributed by atoms with E-state index in [0.717, 1.165) is 40.8 Å². The predicted octanol–water partition coefficient (Wildman–Crippen LogP) is 3.79. The van der Waals surface area contributed by atoms with Crippen LogP contribution in [0.4, 0.5) is 0 Å². The maximum atomic E-state index is 9.05. The number of pyridine rings is 1. The standard InChI is InChI=1S/C18H15N3/c1-13-9-14(4-5-15(13)10-19)17-6-8-21-12-18(17)16-3-2-7-20-11-16/h3-6,8-9,11-12H,2,7H2,1H3. The number of dihydropyridines is 1. The van der Waals surface area contributed by atoms with Crippen molar-refractivity contribution in [2.45, 2.75) is 13.3 Å². The highest BCUT2D eigenvalue weighted by Crippen LogP contribution is 2.29. The molecule has 1 aromatic carbocycles. The van der Waals surface area contributed by atoms with Gasteiger partial charge in [-0.2, -0.15) is 5.26 Å². The van der Waals surface area contributed by atoms with Gasteiger partial charge in [-0.05, 0) is 47.7 Å². The van der Waals surface area contributed by atoms with Gasteiger partial charge in [-0.25, -0.2) is 0 Å². The normalized spacial score (nSPS) is 13.6. The number of nitrogens with zero attached hydrogens (tertiary/aromatic N) is 3. The molecule has 0 N–H and O–H groups in total. The van der Waals surface area contributed by atoms with Crippen molar-refractivity contribution < 1.29 is 0 Å². The van der Waals surface area contributed by atoms with Crippen molar-refractivity contribution in [3.63, 3.8) is 0 Å². The topological polar surface area (TPSA) is 49.0 Å². The van der Waals surface area contributed by atoms with Crippen molar-refractivity contribution in [1.82, 2.24) is 4.98 Å². The molecule has 0 saturated heterocycles. The molecule has 0 spiro atoms. The van der Waals surface area contributed by atoms with Gasteiger partial charge in [0.2, 0.25) is 0 Å². The van der Waals surface area contributed by atoms with Crippen molar-refractivity contribution in [2.24, 2.45) is 4.99 Å². The number of hydrogen-bond acceptors (Lipinski definition) is 3. The molecule has 0 amide bonds. The van der Waals surface area contributed by atoms with E-state index in [4.69, 9.17) is 5.26 Å². The number of hydrogen-bond donors (Lipinski definition) is 0. The van der Waals surface area contributed by atoms with Crippen LogP contribution in [0.3, 0.4) is 0 Å². The fourth-order valence-electron chi connectivity index (χ4n) is 2.52. The van der Waals surface area contributed by atoms with Crippen LogP contribution in [0.15, 0.2) is 47.7 Å². The molecule has 1 aliphatic heterocycles. The molecule has 0 radical (unpaired) electrons. The zero-order valence-electron chi connectivity index (χ0n) is 11.9. The minimum Gasteiger partial charge on any atom is -0.292 e. The zero-order chi connectivity index (χ0) is 14.7. The fourth-order valence-corrected chi connectivity index (χ4v) is 2.52. The van der Waals surface area contributed by atoms with Crippen LogP contribution < -0.4 is 0 Å². The van der Waals surface area contributed by atoms with Crippen LogP contribution in [-0.4, -0.2) is 17.7 Å². The Kier molecular flexibility index (Phi) is 3.61. The van der Waals surface area contributed by atoms with Crippen LogP contribution in [0.25, 0.3) is 16.7 Å². The summed E-state index contributed by atoms with van der Waals surface area (Å²) in [6.07, 6.45) is 8.76. The van der Waals surface area contributed by atoms with Gasteiger partial charge in [0.05, 0.1) is 11.6 Å². The largest absolute Gasteiger partial charge is 0.292 e. The monoisotopic (exact) mass is 273 g/mol. The van der Waals surface area contributed by atoms with Crippen LogP contribution in [0, 0.1) is 18.3 Å². The van der Waals surface area contributed by atoms with Crippen LogP contribution in [-0.2, 0) is 0 Å². The molecule has 0 atom stereocenters. The van der Waals surface area contributed by atoms with E-state index in [1.165, 1.54) is 0 Å². The van der Waals surface area contributed by atoms with Gasteiger partial charge in [0.25, 0.3) is 0 Å². The molecule has 102 valence electrons. The predicted molar refractivity (Wildman–Crippen MR) is 85.1 cm³/mol. The molecule has 1 aromatic heterocycles. The minimum atomic E-state index is 0.716. The van der Waals surface area contributed by atoms with Gasteiger partial charge < -0.3 is 0 Å². The molecule has 21 heavy (non-hydrogen) atoms. The summed E-state index contributed by atoms with van der Waals surface area (Å²) in [6.45, 7) is 2.82. The van der Waals surface area contributed by atoms with E-state index in [1.807, 2.05) is 37.5 Å². The Morgan fingerprint density at radius 3 is 2.81 bits per heavy atom. The number of aromatic nitrogens is 1. The molecule has 0 fully saturated rings. The maximum absolute atomic E-state index is 9.05. The lowest BCUT2D eigenvalue weighted by molar-refractivity contribution is 1.00. The molecule has 3 heteroatoms. The summed E-state index contributed by atoms with van der Waals surface area (Å²) >= 11 is 0. The van der Waals surface area contributed by atoms with E-state index in [9.17, 15) is 0 Å². The van der Waals surface area contributed by atoms with Gasteiger partial charge in [0.15, 0.2) is 0 Å². The highest BCUT2D eigenvalue weighted by Gasteiger charge is 2.11. The Labute approximate surface area is 124 Å². The average Bonchev–Trinajstić information content (AvgIpc) is 2.55. The average molecular weight is 273 g/mol. The first-order valence-electron chi connectivity index (χ1n) is 6.95. The number of nitriles is 1. The van der Waals surface area contributed by atoms with E-state index in [-0.39, 0.29) is 0 Å². The molecule has 3 rings (SSSR count). The molecule has 0 aliphatic carbocycles. The van der Waals surface area contributed by atoms with Crippen molar-refractivity contribution in [3.05, 3.63) is 59.4 Å². The second kappa shape index (κ2) is 5.72. The highest BCUT2D eigenvalue weighted by atomic mass is 14.7. The van der Waals surface area contributed by atoms with E-state index < -0.39 is 0 Å². The Hall–Kier alpha value is -2.73. The van der Waals surface area contributed by atoms with E-state index in [0.29, 0.717) is 5.56 Å². The molecular weight excluding hydrogens is 258 g/mol. The van der Waals surface area contributed by atoms with E-state index in [1.54, 1.807) is 6.20 Å². The summed E-state index contributed by atoms with van der Waals surface area (Å²) in [6, 6.07) is 10.1. The summed E-state index contributed by atoms with van der Waals surface area (Å²) < 4.78 is 0. The number of aliphatic imine (C=N–C) groups is 1. The van der Waals surface area contributed by atoms with Crippen LogP contribution in [0.5, 0.6) is 0 Å². The van der Waals surface area contributed by atoms with E-state index >= 15 is 0 Å². The smallest absolute Gasteiger partial charge is 0.0994 e. The first-order valence-corrected chi connectivity index (χ1v) is 6.95. The van der Waals surface area contributed by atoms with Gasteiger partial charge in [-0.3, -0.25) is 9.98 Å². The second-order valence-corrected chi connectivity index (χ2v) is 5.05. The summed E-state index contributed by atoms with van der Waals surface area (Å²) in [4.78, 5) is 8.60. The third kappa shape index (κ3) is 2.61. The molecule has 2 heterocycles. The minimum absolute atomic E-state index is 0.716. The van der Waals surface area contributed by atoms with Crippen molar-refractivity contribution in [1.29, 1.82) is 5.26 Å². The Morgan fingerprint density at radius 2 is 2.10 bits per heavy atom. The summed E-state index contributed by atoms with van der Waals surface area (Å²) in [7, 11) is 0. The molecule has 1 aliphatic rings. The number of allylic oxidation sites excluding steroid dienone is 1. The van der Waals surface area contributed by atoms with Gasteiger partial charge >= 0.3 is 0 Å². The van der Waals surface area contributed by atoms with Gasteiger partial charge in [0.1, 0.15) is 0 Å². The molecule has 0 saturated carbocycles. The highest BCUT2D eigenvalue weighted by molar-refractivity contribution is 6.12. The lowest BCUT2D eigenvalue weighted by Gasteiger charge is -2.13. The van der Waals surface area contributed by atoms with Gasteiger partial charge in [-0.1, -0.05) is 18.2 Å². The fraction of sp³-hybridized carbons (Fsp3) is 0.167. The van der Waals surface area contributed by atoms with Crippen molar-refractivity contribution in [2.75, 3.05) is 6.54 Å². The Bertz CT molecular complexity index is 779. The third-order valence-corrected chi connectivity index (χ3v) is 3.64. The number of aryl methyl sites for hydroxylation is 1. The first-order chi connectivity index (χ1) is 10.3. The first kappa shape index (κ1) is 13.3. The summed E-state index contributed by atoms with van der Waals surface area (Å²) in [5.74, 6) is 0. The molecule has 2 aromatic rings. The van der Waals surface area contributed by atoms with E-state index in [2.05, 4.69) is 28.2 Å². The Balaban J connectivity index is 2.11. The summed E-state index contributed by atoms with van der Waals surface area (Å²) in [5, 5.41) is 9.05. The second-order valence-electron chi connectivity index (χ2n) is 5.05. The number of rotatable bonds is 2. The van der Waals surface area contributed by atoms with Crippen LogP contribution >= 0.6 is 0 Å². The zero-order valence-corrected chi connectivity index (χ0v) is 11.9. The van der Waals surface area contributed by atoms with Gasteiger partial charge in [-0.15, -0.1) is 0 Å². The molecular formula is C18H15N3. The molecule has 3 nitrogen and oxygen atoms in total. The lowest BCUT2D eigenvalue weighted by Crippen LogP contribution is -1.97. The quantitative estimate of drug-likeness (QED) is 0.835.